The molecule has 0 aliphatic carbocycles. The molecule has 0 heterocycles. The molecule has 0 amide bonds. The molecule has 1 unspecified atom stereocenters. The molecule has 0 radical (unpaired) electrons. The maximum atomic E-state index is 10.1. The minimum absolute atomic E-state index is 0. The van der Waals surface area contributed by atoms with Gasteiger partial charge < -0.3 is 14.8 Å². The van der Waals surface area contributed by atoms with Crippen LogP contribution in [0.1, 0.15) is 78.1 Å². The standard InChI is InChI=1S/C12H26O4S.C3H8O2.Na/c1-2-3-4-5-6-7-8-9-10-11-12-16-17(13,14)15;1-3(5)2-4;/h2-12H2,1H3,(H,13,14,15);3-5H,2H2,1H3;/q;;+1/p-1. The third-order valence-electron chi connectivity index (χ3n) is 2.99. The molecule has 136 valence electrons. The van der Waals surface area contributed by atoms with Crippen molar-refractivity contribution in [2.45, 2.75) is 84.2 Å². The fraction of sp³-hybridized carbons (Fsp3) is 1.00. The molecule has 23 heavy (non-hydrogen) atoms. The van der Waals surface area contributed by atoms with Crippen molar-refractivity contribution in [3.8, 4) is 0 Å². The summed E-state index contributed by atoms with van der Waals surface area (Å²) in [4.78, 5) is 0. The zero-order valence-electron chi connectivity index (χ0n) is 15.0. The number of unbranched alkanes of at least 4 members (excludes halogenated alkanes) is 9. The van der Waals surface area contributed by atoms with Crippen LogP contribution in [0.5, 0.6) is 0 Å². The van der Waals surface area contributed by atoms with Gasteiger partial charge in [0, 0.05) is 0 Å². The molecule has 8 heteroatoms. The first-order valence-electron chi connectivity index (χ1n) is 8.22. The van der Waals surface area contributed by atoms with E-state index in [4.69, 9.17) is 10.2 Å². The van der Waals surface area contributed by atoms with E-state index in [9.17, 15) is 13.0 Å². The van der Waals surface area contributed by atoms with Crippen molar-refractivity contribution in [1.82, 2.24) is 0 Å². The van der Waals surface area contributed by atoms with Gasteiger partial charge in [-0.05, 0) is 13.3 Å². The molecule has 6 nitrogen and oxygen atoms in total. The van der Waals surface area contributed by atoms with Crippen LogP contribution in [0.3, 0.4) is 0 Å². The molecule has 1 atom stereocenters. The Kier molecular flexibility index (Phi) is 25.9. The van der Waals surface area contributed by atoms with Gasteiger partial charge in [0.25, 0.3) is 0 Å². The first-order chi connectivity index (χ1) is 10.3. The van der Waals surface area contributed by atoms with Crippen molar-refractivity contribution in [1.29, 1.82) is 0 Å². The molecule has 0 saturated carbocycles. The van der Waals surface area contributed by atoms with E-state index >= 15 is 0 Å². The minimum Gasteiger partial charge on any atom is -0.726 e. The summed E-state index contributed by atoms with van der Waals surface area (Å²) in [5.74, 6) is 0. The molecule has 0 spiro atoms. The monoisotopic (exact) mass is 364 g/mol. The van der Waals surface area contributed by atoms with E-state index in [1.54, 1.807) is 0 Å². The van der Waals surface area contributed by atoms with Crippen LogP contribution in [0.4, 0.5) is 0 Å². The molecular formula is C15H33NaO6S. The first-order valence-corrected chi connectivity index (χ1v) is 9.56. The largest absolute Gasteiger partial charge is 1.00 e. The second-order valence-electron chi connectivity index (χ2n) is 5.44. The summed E-state index contributed by atoms with van der Waals surface area (Å²) in [7, 11) is -4.48. The number of rotatable bonds is 13. The molecule has 0 bridgehead atoms. The van der Waals surface area contributed by atoms with Gasteiger partial charge in [-0.25, -0.2) is 8.42 Å². The summed E-state index contributed by atoms with van der Waals surface area (Å²) in [5.41, 5.74) is 0. The fourth-order valence-corrected chi connectivity index (χ4v) is 2.07. The van der Waals surface area contributed by atoms with Crippen LogP contribution in [0, 0.1) is 0 Å². The molecule has 0 aliphatic heterocycles. The van der Waals surface area contributed by atoms with Crippen LogP contribution >= 0.6 is 0 Å². The van der Waals surface area contributed by atoms with Crippen LogP contribution in [0.15, 0.2) is 0 Å². The zero-order valence-corrected chi connectivity index (χ0v) is 17.8. The molecular weight excluding hydrogens is 331 g/mol. The number of hydrogen-bond donors (Lipinski definition) is 2. The third kappa shape index (κ3) is 34.9. The number of aliphatic hydroxyl groups is 2. The second-order valence-corrected chi connectivity index (χ2v) is 6.50. The SMILES string of the molecule is CC(O)CO.CCCCCCCCCCCCOS(=O)(=O)[O-].[Na+]. The van der Waals surface area contributed by atoms with Crippen LogP contribution < -0.4 is 29.6 Å². The maximum absolute atomic E-state index is 10.1. The molecule has 0 fully saturated rings. The van der Waals surface area contributed by atoms with Gasteiger partial charge >= 0.3 is 29.6 Å². The van der Waals surface area contributed by atoms with E-state index in [-0.39, 0.29) is 42.8 Å². The molecule has 0 saturated heterocycles. The Bertz CT molecular complexity index is 309. The topological polar surface area (TPSA) is 107 Å². The third-order valence-corrected chi connectivity index (χ3v) is 3.45. The Labute approximate surface area is 164 Å². The van der Waals surface area contributed by atoms with Crippen molar-refractivity contribution in [2.24, 2.45) is 0 Å². The van der Waals surface area contributed by atoms with Crippen molar-refractivity contribution in [3.63, 3.8) is 0 Å². The molecule has 0 aromatic heterocycles. The van der Waals surface area contributed by atoms with Gasteiger partial charge in [0.15, 0.2) is 0 Å². The Balaban J connectivity index is -0.000000578. The Morgan fingerprint density at radius 3 is 1.61 bits per heavy atom. The molecule has 0 rings (SSSR count). The average Bonchev–Trinajstić information content (AvgIpc) is 2.44. The predicted octanol–water partition coefficient (Wildman–Crippen LogP) is -0.252. The molecule has 2 N–H and O–H groups in total. The van der Waals surface area contributed by atoms with Crippen LogP contribution in [0.2, 0.25) is 0 Å². The molecule has 0 aromatic carbocycles. The van der Waals surface area contributed by atoms with Gasteiger partial charge in [-0.2, -0.15) is 0 Å². The van der Waals surface area contributed by atoms with Gasteiger partial charge in [-0.1, -0.05) is 64.7 Å². The van der Waals surface area contributed by atoms with Crippen LogP contribution in [0.25, 0.3) is 0 Å². The summed E-state index contributed by atoms with van der Waals surface area (Å²) in [6.45, 7) is 3.63. The van der Waals surface area contributed by atoms with Gasteiger partial charge in [0.05, 0.1) is 19.3 Å². The summed E-state index contributed by atoms with van der Waals surface area (Å²) >= 11 is 0. The summed E-state index contributed by atoms with van der Waals surface area (Å²) in [5, 5.41) is 16.0. The number of aliphatic hydroxyl groups excluding tert-OH is 2. The van der Waals surface area contributed by atoms with E-state index in [1.807, 2.05) is 0 Å². The fourth-order valence-electron chi connectivity index (χ4n) is 1.75. The van der Waals surface area contributed by atoms with Gasteiger partial charge in [0.1, 0.15) is 0 Å². The normalized spacial score (nSPS) is 12.0. The van der Waals surface area contributed by atoms with Crippen molar-refractivity contribution in [3.05, 3.63) is 0 Å². The Morgan fingerprint density at radius 1 is 0.957 bits per heavy atom. The smallest absolute Gasteiger partial charge is 0.726 e. The van der Waals surface area contributed by atoms with Crippen LogP contribution in [-0.2, 0) is 14.6 Å². The van der Waals surface area contributed by atoms with E-state index in [1.165, 1.54) is 51.9 Å². The van der Waals surface area contributed by atoms with Gasteiger partial charge in [-0.3, -0.25) is 4.18 Å². The average molecular weight is 364 g/mol. The van der Waals surface area contributed by atoms with Gasteiger partial charge in [0.2, 0.25) is 10.4 Å². The predicted molar refractivity (Wildman–Crippen MR) is 86.3 cm³/mol. The van der Waals surface area contributed by atoms with E-state index in [2.05, 4.69) is 11.1 Å². The maximum Gasteiger partial charge on any atom is 1.00 e. The van der Waals surface area contributed by atoms with E-state index in [0.717, 1.165) is 12.8 Å². The van der Waals surface area contributed by atoms with Crippen molar-refractivity contribution in [2.75, 3.05) is 13.2 Å². The number of hydrogen-bond acceptors (Lipinski definition) is 6. The Morgan fingerprint density at radius 2 is 1.30 bits per heavy atom. The summed E-state index contributed by atoms with van der Waals surface area (Å²) < 4.78 is 34.5. The van der Waals surface area contributed by atoms with Crippen LogP contribution in [-0.4, -0.2) is 42.5 Å². The molecule has 0 aliphatic rings. The van der Waals surface area contributed by atoms with E-state index < -0.39 is 16.5 Å². The Hall–Kier alpha value is 0.790. The van der Waals surface area contributed by atoms with Crippen molar-refractivity contribution < 1.29 is 56.9 Å². The van der Waals surface area contributed by atoms with E-state index in [0.29, 0.717) is 6.42 Å². The van der Waals surface area contributed by atoms with Crippen molar-refractivity contribution >= 4 is 10.4 Å². The zero-order chi connectivity index (χ0) is 17.3. The quantitative estimate of drug-likeness (QED) is 0.202. The van der Waals surface area contributed by atoms with Gasteiger partial charge in [-0.15, -0.1) is 0 Å². The first kappa shape index (κ1) is 28.6. The summed E-state index contributed by atoms with van der Waals surface area (Å²) in [6, 6.07) is 0. The summed E-state index contributed by atoms with van der Waals surface area (Å²) in [6.07, 6.45) is 11.1. The second kappa shape index (κ2) is 20.8. The molecule has 0 aromatic rings. The minimum atomic E-state index is -4.48.